The molecule has 2 aromatic rings. The molecule has 3 rings (SSSR count). The van der Waals surface area contributed by atoms with E-state index in [1.54, 1.807) is 7.11 Å². The highest BCUT2D eigenvalue weighted by atomic mass is 16.5. The molecule has 0 aliphatic heterocycles. The highest BCUT2D eigenvalue weighted by molar-refractivity contribution is 5.47. The lowest BCUT2D eigenvalue weighted by molar-refractivity contribution is 0.282. The number of rotatable bonds is 5. The highest BCUT2D eigenvalue weighted by Gasteiger charge is 2.30. The van der Waals surface area contributed by atoms with Gasteiger partial charge in [0, 0.05) is 11.7 Å². The van der Waals surface area contributed by atoms with Crippen LogP contribution in [0.4, 0.5) is 5.69 Å². The van der Waals surface area contributed by atoms with E-state index in [-0.39, 0.29) is 6.61 Å². The minimum Gasteiger partial charge on any atom is -0.497 e. The maximum absolute atomic E-state index is 9.16. The topological polar surface area (TPSA) is 41.5 Å². The predicted octanol–water partition coefficient (Wildman–Crippen LogP) is 3.55. The van der Waals surface area contributed by atoms with E-state index in [4.69, 9.17) is 9.84 Å². The van der Waals surface area contributed by atoms with Crippen LogP contribution in [0.15, 0.2) is 48.5 Å². The summed E-state index contributed by atoms with van der Waals surface area (Å²) in [6, 6.07) is 16.9. The molecule has 1 saturated carbocycles. The van der Waals surface area contributed by atoms with Crippen molar-refractivity contribution >= 4 is 5.69 Å². The number of hydrogen-bond donors (Lipinski definition) is 2. The second-order valence-electron chi connectivity index (χ2n) is 5.64. The van der Waals surface area contributed by atoms with Gasteiger partial charge in [0.15, 0.2) is 0 Å². The lowest BCUT2D eigenvalue weighted by atomic mass is 9.76. The van der Waals surface area contributed by atoms with Crippen molar-refractivity contribution in [2.45, 2.75) is 31.4 Å². The minimum absolute atomic E-state index is 0.0919. The van der Waals surface area contributed by atoms with Crippen molar-refractivity contribution in [2.24, 2.45) is 0 Å². The summed E-state index contributed by atoms with van der Waals surface area (Å²) in [5.74, 6) is 1.54. The van der Waals surface area contributed by atoms with E-state index in [1.807, 2.05) is 30.3 Å². The summed E-state index contributed by atoms with van der Waals surface area (Å²) < 4.78 is 5.19. The molecule has 0 radical (unpaired) electrons. The molecular weight excluding hydrogens is 262 g/mol. The second-order valence-corrected chi connectivity index (χ2v) is 5.64. The molecule has 0 unspecified atom stereocenters. The summed E-state index contributed by atoms with van der Waals surface area (Å²) in [7, 11) is 1.69. The van der Waals surface area contributed by atoms with E-state index >= 15 is 0 Å². The Bertz CT molecular complexity index is 588. The molecule has 0 heterocycles. The van der Waals surface area contributed by atoms with Crippen LogP contribution in [-0.2, 0) is 6.61 Å². The average molecular weight is 283 g/mol. The molecule has 1 aliphatic rings. The molecule has 1 aliphatic carbocycles. The standard InChI is InChI=1S/C18H21NO2/c1-21-18-7-5-14(6-8-18)15-10-17(11-15)19-16-4-2-3-13(9-16)12-20/h2-9,15,17,19-20H,10-12H2,1H3. The smallest absolute Gasteiger partial charge is 0.118 e. The lowest BCUT2D eigenvalue weighted by Crippen LogP contribution is -2.33. The van der Waals surface area contributed by atoms with Gasteiger partial charge in [0.05, 0.1) is 13.7 Å². The summed E-state index contributed by atoms with van der Waals surface area (Å²) in [4.78, 5) is 0. The molecule has 0 aromatic heterocycles. The van der Waals surface area contributed by atoms with E-state index in [9.17, 15) is 0 Å². The number of aliphatic hydroxyl groups is 1. The molecule has 3 nitrogen and oxygen atoms in total. The molecule has 0 spiro atoms. The second kappa shape index (κ2) is 6.19. The fourth-order valence-electron chi connectivity index (χ4n) is 2.88. The summed E-state index contributed by atoms with van der Waals surface area (Å²) >= 11 is 0. The van der Waals surface area contributed by atoms with Gasteiger partial charge in [-0.05, 0) is 54.2 Å². The Morgan fingerprint density at radius 3 is 2.57 bits per heavy atom. The monoisotopic (exact) mass is 283 g/mol. The van der Waals surface area contributed by atoms with Crippen molar-refractivity contribution in [2.75, 3.05) is 12.4 Å². The van der Waals surface area contributed by atoms with Gasteiger partial charge >= 0.3 is 0 Å². The third-order valence-electron chi connectivity index (χ3n) is 4.21. The normalized spacial score (nSPS) is 20.7. The van der Waals surface area contributed by atoms with Crippen molar-refractivity contribution in [3.63, 3.8) is 0 Å². The predicted molar refractivity (Wildman–Crippen MR) is 84.7 cm³/mol. The fraction of sp³-hybridized carbons (Fsp3) is 0.333. The molecule has 2 aromatic carbocycles. The van der Waals surface area contributed by atoms with Crippen LogP contribution >= 0.6 is 0 Å². The molecular formula is C18H21NO2. The molecule has 0 bridgehead atoms. The van der Waals surface area contributed by atoms with Gasteiger partial charge in [-0.3, -0.25) is 0 Å². The maximum Gasteiger partial charge on any atom is 0.118 e. The number of ether oxygens (including phenoxy) is 1. The van der Waals surface area contributed by atoms with Crippen molar-refractivity contribution < 1.29 is 9.84 Å². The fourth-order valence-corrected chi connectivity index (χ4v) is 2.88. The van der Waals surface area contributed by atoms with Gasteiger partial charge in [0.1, 0.15) is 5.75 Å². The summed E-state index contributed by atoms with van der Waals surface area (Å²) in [5.41, 5.74) is 3.43. The SMILES string of the molecule is COc1ccc(C2CC(Nc3cccc(CO)c3)C2)cc1. The Morgan fingerprint density at radius 1 is 1.14 bits per heavy atom. The van der Waals surface area contributed by atoms with Crippen LogP contribution in [0.5, 0.6) is 5.75 Å². The number of hydrogen-bond acceptors (Lipinski definition) is 3. The van der Waals surface area contributed by atoms with E-state index < -0.39 is 0 Å². The summed E-state index contributed by atoms with van der Waals surface area (Å²) in [5, 5.41) is 12.7. The quantitative estimate of drug-likeness (QED) is 0.882. The van der Waals surface area contributed by atoms with Crippen LogP contribution in [0.1, 0.15) is 29.9 Å². The number of benzene rings is 2. The van der Waals surface area contributed by atoms with E-state index in [0.717, 1.165) is 29.8 Å². The summed E-state index contributed by atoms with van der Waals surface area (Å²) in [6.07, 6.45) is 2.30. The first-order valence-electron chi connectivity index (χ1n) is 7.39. The molecule has 2 N–H and O–H groups in total. The Kier molecular flexibility index (Phi) is 4.11. The van der Waals surface area contributed by atoms with Gasteiger partial charge in [-0.1, -0.05) is 24.3 Å². The molecule has 21 heavy (non-hydrogen) atoms. The van der Waals surface area contributed by atoms with Gasteiger partial charge in [-0.25, -0.2) is 0 Å². The van der Waals surface area contributed by atoms with E-state index in [1.165, 1.54) is 5.56 Å². The van der Waals surface area contributed by atoms with Crippen molar-refractivity contribution in [3.8, 4) is 5.75 Å². The van der Waals surface area contributed by atoms with Crippen LogP contribution in [0.25, 0.3) is 0 Å². The molecule has 3 heteroatoms. The minimum atomic E-state index is 0.0919. The van der Waals surface area contributed by atoms with E-state index in [0.29, 0.717) is 12.0 Å². The Morgan fingerprint density at radius 2 is 1.90 bits per heavy atom. The Balaban J connectivity index is 1.55. The number of anilines is 1. The molecule has 1 fully saturated rings. The first-order chi connectivity index (χ1) is 10.3. The largest absolute Gasteiger partial charge is 0.497 e. The lowest BCUT2D eigenvalue weighted by Gasteiger charge is -2.37. The molecule has 0 saturated heterocycles. The number of methoxy groups -OCH3 is 1. The zero-order valence-electron chi connectivity index (χ0n) is 12.3. The number of nitrogens with one attached hydrogen (secondary N) is 1. The van der Waals surface area contributed by atoms with Gasteiger partial charge in [-0.15, -0.1) is 0 Å². The van der Waals surface area contributed by atoms with Crippen molar-refractivity contribution in [1.82, 2.24) is 0 Å². The zero-order valence-corrected chi connectivity index (χ0v) is 12.3. The van der Waals surface area contributed by atoms with Gasteiger partial charge in [0.25, 0.3) is 0 Å². The number of aliphatic hydroxyl groups excluding tert-OH is 1. The molecule has 0 amide bonds. The van der Waals surface area contributed by atoms with Gasteiger partial charge < -0.3 is 15.2 Å². The van der Waals surface area contributed by atoms with Crippen LogP contribution < -0.4 is 10.1 Å². The van der Waals surface area contributed by atoms with Crippen LogP contribution in [0, 0.1) is 0 Å². The molecule has 0 atom stereocenters. The van der Waals surface area contributed by atoms with Crippen LogP contribution in [0.3, 0.4) is 0 Å². The third kappa shape index (κ3) is 3.19. The molecule has 110 valence electrons. The van der Waals surface area contributed by atoms with Crippen molar-refractivity contribution in [1.29, 1.82) is 0 Å². The highest BCUT2D eigenvalue weighted by Crippen LogP contribution is 2.39. The third-order valence-corrected chi connectivity index (χ3v) is 4.21. The zero-order chi connectivity index (χ0) is 14.7. The van der Waals surface area contributed by atoms with E-state index in [2.05, 4.69) is 23.5 Å². The van der Waals surface area contributed by atoms with Crippen molar-refractivity contribution in [3.05, 3.63) is 59.7 Å². The van der Waals surface area contributed by atoms with Gasteiger partial charge in [-0.2, -0.15) is 0 Å². The van der Waals surface area contributed by atoms with Crippen LogP contribution in [-0.4, -0.2) is 18.3 Å². The first-order valence-corrected chi connectivity index (χ1v) is 7.39. The maximum atomic E-state index is 9.16. The Hall–Kier alpha value is -2.00. The average Bonchev–Trinajstić information content (AvgIpc) is 2.51. The van der Waals surface area contributed by atoms with Crippen LogP contribution in [0.2, 0.25) is 0 Å². The first kappa shape index (κ1) is 14.0. The van der Waals surface area contributed by atoms with Gasteiger partial charge in [0.2, 0.25) is 0 Å². The summed E-state index contributed by atoms with van der Waals surface area (Å²) in [6.45, 7) is 0.0919. The Labute approximate surface area is 125 Å².